The molecule has 2 heteroatoms. The van der Waals surface area contributed by atoms with Gasteiger partial charge in [0.25, 0.3) is 0 Å². The molecule has 19 heavy (non-hydrogen) atoms. The molecular formula is C17H25BrO. The number of rotatable bonds is 4. The van der Waals surface area contributed by atoms with Gasteiger partial charge >= 0.3 is 0 Å². The molecule has 1 aromatic rings. The molecule has 0 bridgehead atoms. The molecule has 0 unspecified atom stereocenters. The topological polar surface area (TPSA) is 9.23 Å². The lowest BCUT2D eigenvalue weighted by atomic mass is 9.83. The van der Waals surface area contributed by atoms with Crippen LogP contribution in [-0.2, 0) is 0 Å². The highest BCUT2D eigenvalue weighted by atomic mass is 79.9. The Labute approximate surface area is 125 Å². The van der Waals surface area contributed by atoms with Gasteiger partial charge < -0.3 is 4.74 Å². The predicted molar refractivity (Wildman–Crippen MR) is 85.3 cm³/mol. The van der Waals surface area contributed by atoms with Crippen LogP contribution >= 0.6 is 15.9 Å². The summed E-state index contributed by atoms with van der Waals surface area (Å²) in [6.45, 7) is 5.12. The molecule has 1 aliphatic carbocycles. The maximum atomic E-state index is 6.23. The first-order valence-electron chi connectivity index (χ1n) is 7.42. The second-order valence-corrected chi connectivity index (χ2v) is 6.62. The lowest BCUT2D eigenvalue weighted by Gasteiger charge is -2.31. The highest BCUT2D eigenvalue weighted by molar-refractivity contribution is 9.09. The minimum absolute atomic E-state index is 0.339. The average Bonchev–Trinajstić information content (AvgIpc) is 2.64. The number of halogens is 1. The van der Waals surface area contributed by atoms with Crippen molar-refractivity contribution >= 4 is 15.9 Å². The Morgan fingerprint density at radius 2 is 1.63 bits per heavy atom. The van der Waals surface area contributed by atoms with Gasteiger partial charge in [0.15, 0.2) is 0 Å². The summed E-state index contributed by atoms with van der Waals surface area (Å²) >= 11 is 3.73. The van der Waals surface area contributed by atoms with E-state index in [1.165, 1.54) is 49.7 Å². The molecule has 1 saturated carbocycles. The van der Waals surface area contributed by atoms with Crippen molar-refractivity contribution in [2.24, 2.45) is 5.41 Å². The van der Waals surface area contributed by atoms with Crippen molar-refractivity contribution in [3.8, 4) is 5.75 Å². The highest BCUT2D eigenvalue weighted by Gasteiger charge is 2.31. The number of hydrogen-bond acceptors (Lipinski definition) is 1. The van der Waals surface area contributed by atoms with E-state index < -0.39 is 0 Å². The molecule has 0 amide bonds. The van der Waals surface area contributed by atoms with E-state index in [2.05, 4.69) is 48.0 Å². The molecule has 0 aromatic heterocycles. The number of para-hydroxylation sites is 1. The third-order valence-corrected chi connectivity index (χ3v) is 5.57. The fourth-order valence-electron chi connectivity index (χ4n) is 3.05. The Morgan fingerprint density at radius 1 is 1.05 bits per heavy atom. The quantitative estimate of drug-likeness (QED) is 0.531. The summed E-state index contributed by atoms with van der Waals surface area (Å²) in [5, 5.41) is 1.06. The van der Waals surface area contributed by atoms with Gasteiger partial charge in [0.1, 0.15) is 5.75 Å². The molecule has 0 saturated heterocycles. The summed E-state index contributed by atoms with van der Waals surface area (Å²) in [6.07, 6.45) is 8.06. The van der Waals surface area contributed by atoms with Crippen LogP contribution in [0, 0.1) is 19.3 Å². The first-order chi connectivity index (χ1) is 9.17. The van der Waals surface area contributed by atoms with E-state index >= 15 is 0 Å². The summed E-state index contributed by atoms with van der Waals surface area (Å²) in [5.74, 6) is 1.09. The highest BCUT2D eigenvalue weighted by Crippen LogP contribution is 2.38. The molecule has 1 nitrogen and oxygen atoms in total. The van der Waals surface area contributed by atoms with Crippen molar-refractivity contribution in [3.05, 3.63) is 29.3 Å². The Hall–Kier alpha value is -0.500. The van der Waals surface area contributed by atoms with Gasteiger partial charge in [-0.25, -0.2) is 0 Å². The lowest BCUT2D eigenvalue weighted by molar-refractivity contribution is 0.148. The maximum Gasteiger partial charge on any atom is 0.125 e. The second-order valence-electron chi connectivity index (χ2n) is 6.06. The van der Waals surface area contributed by atoms with E-state index in [1.54, 1.807) is 0 Å². The van der Waals surface area contributed by atoms with E-state index in [0.29, 0.717) is 5.41 Å². The summed E-state index contributed by atoms with van der Waals surface area (Å²) in [6, 6.07) is 6.37. The predicted octanol–water partition coefficient (Wildman–Crippen LogP) is 5.42. The molecule has 0 spiro atoms. The van der Waals surface area contributed by atoms with E-state index in [1.807, 2.05) is 0 Å². The molecule has 0 heterocycles. The van der Waals surface area contributed by atoms with Gasteiger partial charge in [-0.15, -0.1) is 0 Å². The smallest absolute Gasteiger partial charge is 0.125 e. The normalized spacial score (nSPS) is 18.9. The summed E-state index contributed by atoms with van der Waals surface area (Å²) in [5.41, 5.74) is 2.84. The van der Waals surface area contributed by atoms with Crippen molar-refractivity contribution in [1.82, 2.24) is 0 Å². The van der Waals surface area contributed by atoms with Gasteiger partial charge in [-0.3, -0.25) is 0 Å². The molecular weight excluding hydrogens is 300 g/mol. The molecule has 0 aliphatic heterocycles. The molecule has 106 valence electrons. The average molecular weight is 325 g/mol. The van der Waals surface area contributed by atoms with Crippen LogP contribution in [0.4, 0.5) is 0 Å². The van der Waals surface area contributed by atoms with Gasteiger partial charge in [0.2, 0.25) is 0 Å². The van der Waals surface area contributed by atoms with E-state index in [9.17, 15) is 0 Å². The Morgan fingerprint density at radius 3 is 2.16 bits per heavy atom. The minimum atomic E-state index is 0.339. The van der Waals surface area contributed by atoms with Crippen LogP contribution in [0.5, 0.6) is 5.75 Å². The number of aryl methyl sites for hydroxylation is 2. The Bertz CT molecular complexity index is 385. The van der Waals surface area contributed by atoms with Crippen molar-refractivity contribution in [2.75, 3.05) is 11.9 Å². The van der Waals surface area contributed by atoms with Crippen molar-refractivity contribution in [3.63, 3.8) is 0 Å². The zero-order valence-corrected chi connectivity index (χ0v) is 13.8. The van der Waals surface area contributed by atoms with Gasteiger partial charge in [-0.1, -0.05) is 59.8 Å². The number of benzene rings is 1. The first kappa shape index (κ1) is 14.9. The van der Waals surface area contributed by atoms with E-state index in [4.69, 9.17) is 4.74 Å². The summed E-state index contributed by atoms with van der Waals surface area (Å²) < 4.78 is 6.23. The monoisotopic (exact) mass is 324 g/mol. The zero-order chi connectivity index (χ0) is 13.7. The largest absolute Gasteiger partial charge is 0.492 e. The van der Waals surface area contributed by atoms with Crippen molar-refractivity contribution in [1.29, 1.82) is 0 Å². The number of ether oxygens (including phenoxy) is 1. The van der Waals surface area contributed by atoms with Crippen molar-refractivity contribution < 1.29 is 4.74 Å². The molecule has 0 atom stereocenters. The van der Waals surface area contributed by atoms with Gasteiger partial charge in [-0.2, -0.15) is 0 Å². The third-order valence-electron chi connectivity index (χ3n) is 4.38. The molecule has 1 aliphatic rings. The first-order valence-corrected chi connectivity index (χ1v) is 8.54. The zero-order valence-electron chi connectivity index (χ0n) is 12.2. The molecule has 0 N–H and O–H groups in total. The molecule has 2 rings (SSSR count). The lowest BCUT2D eigenvalue weighted by Crippen LogP contribution is -2.30. The molecule has 1 aromatic carbocycles. The SMILES string of the molecule is Cc1cccc(C)c1OCC1(CBr)CCCCCC1. The second kappa shape index (κ2) is 6.78. The van der Waals surface area contributed by atoms with Crippen LogP contribution in [0.25, 0.3) is 0 Å². The Kier molecular flexibility index (Phi) is 5.32. The van der Waals surface area contributed by atoms with Gasteiger partial charge in [-0.05, 0) is 37.8 Å². The van der Waals surface area contributed by atoms with Crippen LogP contribution < -0.4 is 4.74 Å². The fraction of sp³-hybridized carbons (Fsp3) is 0.647. The van der Waals surface area contributed by atoms with E-state index in [-0.39, 0.29) is 0 Å². The standard InChI is InChI=1S/C17H25BrO/c1-14-8-7-9-15(2)16(14)19-13-17(12-18)10-5-3-4-6-11-17/h7-9H,3-6,10-13H2,1-2H3. The van der Waals surface area contributed by atoms with Crippen molar-refractivity contribution in [2.45, 2.75) is 52.4 Å². The fourth-order valence-corrected chi connectivity index (χ4v) is 3.77. The number of alkyl halides is 1. The van der Waals surface area contributed by atoms with Crippen LogP contribution in [0.1, 0.15) is 49.7 Å². The summed E-state index contributed by atoms with van der Waals surface area (Å²) in [4.78, 5) is 0. The Balaban J connectivity index is 2.06. The van der Waals surface area contributed by atoms with Crippen LogP contribution in [-0.4, -0.2) is 11.9 Å². The number of hydrogen-bond donors (Lipinski definition) is 0. The van der Waals surface area contributed by atoms with Crippen LogP contribution in [0.2, 0.25) is 0 Å². The van der Waals surface area contributed by atoms with Gasteiger partial charge in [0, 0.05) is 10.7 Å². The molecule has 0 radical (unpaired) electrons. The van der Waals surface area contributed by atoms with E-state index in [0.717, 1.165) is 17.7 Å². The molecule has 1 fully saturated rings. The maximum absolute atomic E-state index is 6.23. The van der Waals surface area contributed by atoms with Crippen LogP contribution in [0.3, 0.4) is 0 Å². The summed E-state index contributed by atoms with van der Waals surface area (Å²) in [7, 11) is 0. The van der Waals surface area contributed by atoms with Crippen LogP contribution in [0.15, 0.2) is 18.2 Å². The third kappa shape index (κ3) is 3.75. The minimum Gasteiger partial charge on any atom is -0.492 e. The van der Waals surface area contributed by atoms with Gasteiger partial charge in [0.05, 0.1) is 6.61 Å².